The molecule has 0 saturated heterocycles. The summed E-state index contributed by atoms with van der Waals surface area (Å²) in [6.45, 7) is 11.4. The molecule has 0 aliphatic heterocycles. The summed E-state index contributed by atoms with van der Waals surface area (Å²) >= 11 is 0. The minimum atomic E-state index is 0.564. The van der Waals surface area contributed by atoms with Gasteiger partial charge in [0.2, 0.25) is 0 Å². The van der Waals surface area contributed by atoms with Crippen molar-refractivity contribution in [3.8, 4) is 11.1 Å². The van der Waals surface area contributed by atoms with E-state index in [1.165, 1.54) is 39.0 Å². The van der Waals surface area contributed by atoms with Crippen molar-refractivity contribution >= 4 is 29.3 Å². The van der Waals surface area contributed by atoms with E-state index in [4.69, 9.17) is 11.6 Å². The zero-order valence-electron chi connectivity index (χ0n) is 28.1. The van der Waals surface area contributed by atoms with E-state index in [1.54, 1.807) is 0 Å². The fraction of sp³-hybridized carbons (Fsp3) is 0.106. The average molecular weight is 633 g/mol. The van der Waals surface area contributed by atoms with Crippen LogP contribution in [0.3, 0.4) is 0 Å². The van der Waals surface area contributed by atoms with Gasteiger partial charge >= 0.3 is 0 Å². The number of rotatable bonds is 10. The Labute approximate surface area is 290 Å². The number of hydrogen-bond acceptors (Lipinski definition) is 2. The van der Waals surface area contributed by atoms with Crippen LogP contribution >= 0.6 is 0 Å². The summed E-state index contributed by atoms with van der Waals surface area (Å²) in [5.74, 6) is 0. The number of aryl methyl sites for hydroxylation is 1. The lowest BCUT2D eigenvalue weighted by molar-refractivity contribution is 0.929. The molecule has 49 heavy (non-hydrogen) atoms. The quantitative estimate of drug-likeness (QED) is 0.137. The van der Waals surface area contributed by atoms with Crippen molar-refractivity contribution < 1.29 is 0 Å². The highest BCUT2D eigenvalue weighted by molar-refractivity contribution is 6.12. The molecule has 0 radical (unpaired) electrons. The highest BCUT2D eigenvalue weighted by Crippen LogP contribution is 2.48. The minimum absolute atomic E-state index is 0.564. The van der Waals surface area contributed by atoms with E-state index in [0.29, 0.717) is 6.54 Å². The van der Waals surface area contributed by atoms with Crippen LogP contribution in [-0.2, 0) is 6.54 Å². The van der Waals surface area contributed by atoms with Crippen molar-refractivity contribution in [1.82, 2.24) is 0 Å². The second-order valence-electron chi connectivity index (χ2n) is 12.7. The smallest absolute Gasteiger partial charge is 0.0716 e. The highest BCUT2D eigenvalue weighted by Gasteiger charge is 2.27. The molecule has 238 valence electrons. The maximum Gasteiger partial charge on any atom is 0.0716 e. The first-order valence-electron chi connectivity index (χ1n) is 17.0. The van der Waals surface area contributed by atoms with E-state index in [2.05, 4.69) is 158 Å². The van der Waals surface area contributed by atoms with Crippen LogP contribution < -0.4 is 0 Å². The monoisotopic (exact) mass is 632 g/mol. The van der Waals surface area contributed by atoms with E-state index < -0.39 is 0 Å². The summed E-state index contributed by atoms with van der Waals surface area (Å²) in [7, 11) is 0. The van der Waals surface area contributed by atoms with Crippen molar-refractivity contribution in [1.29, 1.82) is 0 Å². The van der Waals surface area contributed by atoms with Crippen molar-refractivity contribution in [2.45, 2.75) is 32.7 Å². The minimum Gasteiger partial charge on any atom is -0.280 e. The van der Waals surface area contributed by atoms with Crippen molar-refractivity contribution in [3.05, 3.63) is 208 Å². The van der Waals surface area contributed by atoms with E-state index in [9.17, 15) is 0 Å². The van der Waals surface area contributed by atoms with Crippen LogP contribution in [0.15, 0.2) is 185 Å². The Morgan fingerprint density at radius 2 is 1.35 bits per heavy atom. The molecule has 2 heteroatoms. The molecule has 5 aromatic rings. The molecule has 0 saturated carbocycles. The Morgan fingerprint density at radius 3 is 2.06 bits per heavy atom. The molecule has 0 unspecified atom stereocenters. The standard InChI is InChI=1S/C47H40N2/c1-33-14-10-12-20-42(33)44-30-41-19-11-13-21-43(41)47(44)34(2)36-22-26-40(27-23-36)46(49-32-35-15-6-4-7-16-35)31-45(48-3)39-28-24-38(25-29-39)37-17-8-5-9-18-37/h4-10,12-18,20-29,31H,2-3,11,19,30,32H2,1H3/b45-31-,49-46?. The third-order valence-corrected chi connectivity index (χ3v) is 9.55. The fourth-order valence-electron chi connectivity index (χ4n) is 6.89. The van der Waals surface area contributed by atoms with Gasteiger partial charge in [0.1, 0.15) is 0 Å². The summed E-state index contributed by atoms with van der Waals surface area (Å²) in [5.41, 5.74) is 17.5. The molecule has 0 bridgehead atoms. The molecule has 2 aliphatic rings. The van der Waals surface area contributed by atoms with Crippen LogP contribution in [-0.4, -0.2) is 12.4 Å². The van der Waals surface area contributed by atoms with Gasteiger partial charge in [-0.1, -0.05) is 158 Å². The second-order valence-corrected chi connectivity index (χ2v) is 12.7. The fourth-order valence-corrected chi connectivity index (χ4v) is 6.89. The molecule has 0 amide bonds. The summed E-state index contributed by atoms with van der Waals surface area (Å²) in [6, 6.07) is 46.7. The van der Waals surface area contributed by atoms with Gasteiger partial charge in [-0.2, -0.15) is 0 Å². The molecular formula is C47H40N2. The van der Waals surface area contributed by atoms with E-state index in [-0.39, 0.29) is 0 Å². The maximum absolute atomic E-state index is 5.11. The third-order valence-electron chi connectivity index (χ3n) is 9.55. The number of hydrogen-bond donors (Lipinski definition) is 0. The van der Waals surface area contributed by atoms with E-state index in [1.807, 2.05) is 12.1 Å². The molecule has 0 spiro atoms. The van der Waals surface area contributed by atoms with Crippen LogP contribution in [0.1, 0.15) is 52.6 Å². The SMILES string of the molecule is C=N/C(=C\C(=NCc1ccccc1)c1ccc(C(=C)C2=C(c3ccccc3C)CC3=C2C=CCC3)cc1)c1ccc(-c2ccccc2)cc1. The van der Waals surface area contributed by atoms with Gasteiger partial charge in [0.25, 0.3) is 0 Å². The molecule has 7 rings (SSSR count). The second kappa shape index (κ2) is 14.5. The van der Waals surface area contributed by atoms with Gasteiger partial charge in [-0.3, -0.25) is 9.98 Å². The zero-order chi connectivity index (χ0) is 33.6. The lowest BCUT2D eigenvalue weighted by Gasteiger charge is -2.16. The summed E-state index contributed by atoms with van der Waals surface area (Å²) < 4.78 is 0. The first-order chi connectivity index (χ1) is 24.1. The average Bonchev–Trinajstić information content (AvgIpc) is 3.55. The Hall–Kier alpha value is -5.86. The largest absolute Gasteiger partial charge is 0.280 e. The van der Waals surface area contributed by atoms with Gasteiger partial charge in [-0.25, -0.2) is 0 Å². The van der Waals surface area contributed by atoms with E-state index in [0.717, 1.165) is 64.1 Å². The number of benzene rings is 5. The predicted octanol–water partition coefficient (Wildman–Crippen LogP) is 11.9. The maximum atomic E-state index is 5.11. The Morgan fingerprint density at radius 1 is 0.714 bits per heavy atom. The van der Waals surface area contributed by atoms with Crippen LogP contribution in [0.5, 0.6) is 0 Å². The van der Waals surface area contributed by atoms with Crippen LogP contribution in [0, 0.1) is 6.92 Å². The first-order valence-corrected chi connectivity index (χ1v) is 17.0. The summed E-state index contributed by atoms with van der Waals surface area (Å²) in [5, 5.41) is 0. The van der Waals surface area contributed by atoms with Gasteiger partial charge < -0.3 is 0 Å². The summed E-state index contributed by atoms with van der Waals surface area (Å²) in [4.78, 5) is 9.57. The van der Waals surface area contributed by atoms with Crippen LogP contribution in [0.25, 0.3) is 28.0 Å². The molecule has 0 fully saturated rings. The van der Waals surface area contributed by atoms with E-state index >= 15 is 0 Å². The Balaban J connectivity index is 1.23. The number of allylic oxidation sites excluding steroid dienone is 8. The van der Waals surface area contributed by atoms with Crippen molar-refractivity contribution in [2.75, 3.05) is 0 Å². The van der Waals surface area contributed by atoms with Gasteiger partial charge in [0.15, 0.2) is 0 Å². The lowest BCUT2D eigenvalue weighted by atomic mass is 9.88. The van der Waals surface area contributed by atoms with Gasteiger partial charge in [0, 0.05) is 5.56 Å². The van der Waals surface area contributed by atoms with Gasteiger partial charge in [-0.15, -0.1) is 0 Å². The van der Waals surface area contributed by atoms with Crippen molar-refractivity contribution in [3.63, 3.8) is 0 Å². The topological polar surface area (TPSA) is 24.7 Å². The van der Waals surface area contributed by atoms with Gasteiger partial charge in [0.05, 0.1) is 18.0 Å². The molecule has 0 aromatic heterocycles. The van der Waals surface area contributed by atoms with Crippen LogP contribution in [0.2, 0.25) is 0 Å². The molecule has 2 aliphatic carbocycles. The predicted molar refractivity (Wildman–Crippen MR) is 210 cm³/mol. The molecule has 0 heterocycles. The highest BCUT2D eigenvalue weighted by atomic mass is 14.8. The summed E-state index contributed by atoms with van der Waals surface area (Å²) in [6.07, 6.45) is 9.87. The normalized spacial score (nSPS) is 14.6. The third kappa shape index (κ3) is 6.91. The van der Waals surface area contributed by atoms with Crippen LogP contribution in [0.4, 0.5) is 0 Å². The Kier molecular flexibility index (Phi) is 9.39. The first kappa shape index (κ1) is 31.7. The number of aliphatic imine (C=N–C) groups is 2. The molecule has 2 nitrogen and oxygen atoms in total. The lowest BCUT2D eigenvalue weighted by Crippen LogP contribution is -2.01. The molecule has 5 aromatic carbocycles. The van der Waals surface area contributed by atoms with Crippen molar-refractivity contribution in [2.24, 2.45) is 9.98 Å². The zero-order valence-corrected chi connectivity index (χ0v) is 28.1. The van der Waals surface area contributed by atoms with Gasteiger partial charge in [-0.05, 0) is 100 Å². The number of nitrogens with zero attached hydrogens (tertiary/aromatic N) is 2. The molecule has 0 N–H and O–H groups in total. The Bertz CT molecular complexity index is 2160. The molecule has 0 atom stereocenters. The molecular weight excluding hydrogens is 593 g/mol.